The maximum Gasteiger partial charge on any atom is 0.310 e. The predicted octanol–water partition coefficient (Wildman–Crippen LogP) is 2.96. The van der Waals surface area contributed by atoms with Gasteiger partial charge in [-0.3, -0.25) is 14.9 Å². The van der Waals surface area contributed by atoms with Crippen LogP contribution in [0.5, 0.6) is 5.75 Å². The fourth-order valence-corrected chi connectivity index (χ4v) is 1.78. The Balaban J connectivity index is 3.16. The van der Waals surface area contributed by atoms with Crippen LogP contribution < -0.4 is 4.74 Å². The number of carboxylic acid groups (broad SMARTS) is 1. The summed E-state index contributed by atoms with van der Waals surface area (Å²) in [5.74, 6) is -1.49. The van der Waals surface area contributed by atoms with Crippen LogP contribution in [-0.2, 0) is 4.79 Å². The number of carboxylic acids is 1. The van der Waals surface area contributed by atoms with Crippen molar-refractivity contribution in [2.24, 2.45) is 0 Å². The van der Waals surface area contributed by atoms with E-state index in [0.29, 0.717) is 18.6 Å². The second kappa shape index (κ2) is 6.72. The van der Waals surface area contributed by atoms with Gasteiger partial charge in [-0.2, -0.15) is 0 Å². The molecular formula is C13H17NO5. The Morgan fingerprint density at radius 2 is 2.16 bits per heavy atom. The third kappa shape index (κ3) is 3.67. The molecule has 1 N–H and O–H groups in total. The molecule has 0 saturated heterocycles. The highest BCUT2D eigenvalue weighted by atomic mass is 16.6. The Hall–Kier alpha value is -2.11. The number of nitrogens with zero attached hydrogens (tertiary/aromatic N) is 1. The quantitative estimate of drug-likeness (QED) is 0.606. The van der Waals surface area contributed by atoms with Crippen molar-refractivity contribution in [1.29, 1.82) is 0 Å². The smallest absolute Gasteiger partial charge is 0.310 e. The molecule has 1 aromatic rings. The van der Waals surface area contributed by atoms with Gasteiger partial charge in [0.2, 0.25) is 0 Å². The van der Waals surface area contributed by atoms with Crippen LogP contribution in [0.15, 0.2) is 18.2 Å². The average Bonchev–Trinajstić information content (AvgIpc) is 2.36. The van der Waals surface area contributed by atoms with Gasteiger partial charge in [0, 0.05) is 6.07 Å². The van der Waals surface area contributed by atoms with Gasteiger partial charge in [-0.15, -0.1) is 0 Å². The van der Waals surface area contributed by atoms with E-state index in [0.717, 1.165) is 6.42 Å². The first-order chi connectivity index (χ1) is 9.01. The van der Waals surface area contributed by atoms with E-state index >= 15 is 0 Å². The third-order valence-corrected chi connectivity index (χ3v) is 2.75. The molecule has 0 bridgehead atoms. The molecule has 1 atom stereocenters. The second-order valence-electron chi connectivity index (χ2n) is 4.13. The molecule has 0 aromatic heterocycles. The Kier molecular flexibility index (Phi) is 5.29. The van der Waals surface area contributed by atoms with Crippen molar-refractivity contribution in [2.45, 2.75) is 32.6 Å². The molecule has 6 heteroatoms. The molecule has 0 aliphatic rings. The number of aliphatic carboxylic acids is 1. The van der Waals surface area contributed by atoms with Gasteiger partial charge in [-0.05, 0) is 24.5 Å². The Morgan fingerprint density at radius 3 is 2.63 bits per heavy atom. The zero-order valence-corrected chi connectivity index (χ0v) is 11.0. The summed E-state index contributed by atoms with van der Waals surface area (Å²) in [6, 6.07) is 4.22. The van der Waals surface area contributed by atoms with E-state index in [-0.39, 0.29) is 11.4 Å². The molecule has 0 fully saturated rings. The maximum atomic E-state index is 11.1. The van der Waals surface area contributed by atoms with Crippen molar-refractivity contribution in [1.82, 2.24) is 0 Å². The summed E-state index contributed by atoms with van der Waals surface area (Å²) < 4.78 is 5.33. The van der Waals surface area contributed by atoms with Gasteiger partial charge >= 0.3 is 11.7 Å². The molecular weight excluding hydrogens is 250 g/mol. The van der Waals surface area contributed by atoms with Crippen LogP contribution in [0.2, 0.25) is 0 Å². The molecule has 1 unspecified atom stereocenters. The molecule has 19 heavy (non-hydrogen) atoms. The van der Waals surface area contributed by atoms with Gasteiger partial charge in [-0.1, -0.05) is 19.9 Å². The van der Waals surface area contributed by atoms with Crippen LogP contribution in [0.1, 0.15) is 38.2 Å². The number of nitro groups is 1. The largest absolute Gasteiger partial charge is 0.487 e. The lowest BCUT2D eigenvalue weighted by atomic mass is 9.96. The number of ether oxygens (including phenoxy) is 1. The van der Waals surface area contributed by atoms with Gasteiger partial charge in [0.15, 0.2) is 5.75 Å². The summed E-state index contributed by atoms with van der Waals surface area (Å²) in [5.41, 5.74) is 0.379. The summed E-state index contributed by atoms with van der Waals surface area (Å²) in [6.45, 7) is 4.00. The van der Waals surface area contributed by atoms with E-state index in [1.807, 2.05) is 6.92 Å². The number of carbonyl (C=O) groups is 1. The van der Waals surface area contributed by atoms with Crippen molar-refractivity contribution in [3.8, 4) is 5.75 Å². The van der Waals surface area contributed by atoms with Crippen LogP contribution in [0, 0.1) is 10.1 Å². The van der Waals surface area contributed by atoms with Crippen molar-refractivity contribution < 1.29 is 19.6 Å². The normalized spacial score (nSPS) is 11.9. The molecule has 0 radical (unpaired) electrons. The summed E-state index contributed by atoms with van der Waals surface area (Å²) in [6.07, 6.45) is 1.14. The van der Waals surface area contributed by atoms with Crippen molar-refractivity contribution in [3.63, 3.8) is 0 Å². The average molecular weight is 267 g/mol. The zero-order valence-electron chi connectivity index (χ0n) is 11.0. The van der Waals surface area contributed by atoms with Gasteiger partial charge in [0.1, 0.15) is 0 Å². The molecule has 1 aromatic carbocycles. The number of hydrogen-bond donors (Lipinski definition) is 1. The lowest BCUT2D eigenvalue weighted by Gasteiger charge is -2.12. The molecule has 0 aliphatic carbocycles. The molecule has 104 valence electrons. The Morgan fingerprint density at radius 1 is 1.47 bits per heavy atom. The van der Waals surface area contributed by atoms with E-state index in [2.05, 4.69) is 0 Å². The molecule has 0 amide bonds. The minimum absolute atomic E-state index is 0.129. The molecule has 0 heterocycles. The first kappa shape index (κ1) is 14.9. The monoisotopic (exact) mass is 267 g/mol. The topological polar surface area (TPSA) is 89.7 Å². The zero-order chi connectivity index (χ0) is 14.4. The summed E-state index contributed by atoms with van der Waals surface area (Å²) in [5, 5.41) is 20.0. The molecule has 0 saturated carbocycles. The molecule has 0 aliphatic heterocycles. The van der Waals surface area contributed by atoms with Gasteiger partial charge in [0.25, 0.3) is 0 Å². The van der Waals surface area contributed by atoms with Crippen LogP contribution in [-0.4, -0.2) is 22.6 Å². The number of benzene rings is 1. The van der Waals surface area contributed by atoms with Crippen LogP contribution in [0.4, 0.5) is 5.69 Å². The van der Waals surface area contributed by atoms with Gasteiger partial charge < -0.3 is 9.84 Å². The number of rotatable bonds is 7. The SMILES string of the molecule is CCCOc1cc(C(CC)C(=O)O)ccc1[N+](=O)[O-]. The summed E-state index contributed by atoms with van der Waals surface area (Å²) >= 11 is 0. The fraction of sp³-hybridized carbons (Fsp3) is 0.462. The number of hydrogen-bond acceptors (Lipinski definition) is 4. The highest BCUT2D eigenvalue weighted by Crippen LogP contribution is 2.32. The lowest BCUT2D eigenvalue weighted by Crippen LogP contribution is -2.11. The second-order valence-corrected chi connectivity index (χ2v) is 4.13. The van der Waals surface area contributed by atoms with Crippen LogP contribution in [0.3, 0.4) is 0 Å². The summed E-state index contributed by atoms with van der Waals surface area (Å²) in [4.78, 5) is 21.4. The molecule has 0 spiro atoms. The Labute approximate surface area is 111 Å². The highest BCUT2D eigenvalue weighted by molar-refractivity contribution is 5.76. The predicted molar refractivity (Wildman–Crippen MR) is 69.6 cm³/mol. The van der Waals surface area contributed by atoms with Crippen LogP contribution in [0.25, 0.3) is 0 Å². The first-order valence-electron chi connectivity index (χ1n) is 6.15. The number of nitro benzene ring substituents is 1. The van der Waals surface area contributed by atoms with Gasteiger partial charge in [0.05, 0.1) is 17.4 Å². The van der Waals surface area contributed by atoms with Crippen LogP contribution >= 0.6 is 0 Å². The molecule has 6 nitrogen and oxygen atoms in total. The summed E-state index contributed by atoms with van der Waals surface area (Å²) in [7, 11) is 0. The third-order valence-electron chi connectivity index (χ3n) is 2.75. The van der Waals surface area contributed by atoms with Crippen molar-refractivity contribution in [3.05, 3.63) is 33.9 Å². The Bertz CT molecular complexity index is 472. The fourth-order valence-electron chi connectivity index (χ4n) is 1.78. The van der Waals surface area contributed by atoms with E-state index in [4.69, 9.17) is 9.84 Å². The van der Waals surface area contributed by atoms with E-state index in [1.165, 1.54) is 18.2 Å². The minimum Gasteiger partial charge on any atom is -0.487 e. The van der Waals surface area contributed by atoms with Crippen molar-refractivity contribution >= 4 is 11.7 Å². The standard InChI is InChI=1S/C13H17NO5/c1-3-7-19-12-8-9(10(4-2)13(15)16)5-6-11(12)14(17)18/h5-6,8,10H,3-4,7H2,1-2H3,(H,15,16). The maximum absolute atomic E-state index is 11.1. The highest BCUT2D eigenvalue weighted by Gasteiger charge is 2.22. The van der Waals surface area contributed by atoms with E-state index < -0.39 is 16.8 Å². The minimum atomic E-state index is -0.946. The van der Waals surface area contributed by atoms with Crippen molar-refractivity contribution in [2.75, 3.05) is 6.61 Å². The van der Waals surface area contributed by atoms with E-state index in [1.54, 1.807) is 6.92 Å². The lowest BCUT2D eigenvalue weighted by molar-refractivity contribution is -0.385. The molecule has 1 rings (SSSR count). The van der Waals surface area contributed by atoms with E-state index in [9.17, 15) is 14.9 Å². The first-order valence-corrected chi connectivity index (χ1v) is 6.15. The van der Waals surface area contributed by atoms with Gasteiger partial charge in [-0.25, -0.2) is 0 Å².